The molecule has 0 bridgehead atoms. The molecule has 1 aromatic heterocycles. The fraction of sp³-hybridized carbons (Fsp3) is 0.158. The van der Waals surface area contributed by atoms with Crippen LogP contribution < -0.4 is 15.4 Å². The number of aromatic nitrogens is 1. The summed E-state index contributed by atoms with van der Waals surface area (Å²) in [5, 5.41) is 7.67. The van der Waals surface area contributed by atoms with E-state index in [4.69, 9.17) is 4.74 Å². The number of carbonyl (C=O) groups excluding carboxylic acids is 1. The van der Waals surface area contributed by atoms with E-state index in [0.29, 0.717) is 11.7 Å². The van der Waals surface area contributed by atoms with Crippen LogP contribution in [0.2, 0.25) is 0 Å². The normalized spacial score (nSPS) is 10.5. The minimum Gasteiger partial charge on any atom is -0.494 e. The zero-order chi connectivity index (χ0) is 19.2. The van der Waals surface area contributed by atoms with E-state index < -0.39 is 17.5 Å². The van der Waals surface area contributed by atoms with Gasteiger partial charge in [0.25, 0.3) is 5.91 Å². The highest BCUT2D eigenvalue weighted by molar-refractivity contribution is 7.14. The second kappa shape index (κ2) is 8.59. The zero-order valence-corrected chi connectivity index (χ0v) is 15.3. The standard InChI is InChI=1S/C19H17F2N3O2S/c1-2-26-13-8-6-12(7-9-13)23-19-24-17(11-27-19)18(25)22-10-14-15(20)4-3-5-16(14)21/h3-9,11H,2,10H2,1H3,(H,22,25)(H,23,24). The first-order valence-corrected chi connectivity index (χ1v) is 9.11. The van der Waals surface area contributed by atoms with Gasteiger partial charge in [-0.3, -0.25) is 4.79 Å². The molecule has 5 nitrogen and oxygen atoms in total. The number of carbonyl (C=O) groups is 1. The molecule has 0 saturated carbocycles. The second-order valence-electron chi connectivity index (χ2n) is 5.50. The SMILES string of the molecule is CCOc1ccc(Nc2nc(C(=O)NCc3c(F)cccc3F)cs2)cc1. The minimum absolute atomic E-state index is 0.171. The minimum atomic E-state index is -0.702. The van der Waals surface area contributed by atoms with Gasteiger partial charge in [0.05, 0.1) is 6.61 Å². The van der Waals surface area contributed by atoms with Crippen molar-refractivity contribution in [1.82, 2.24) is 10.3 Å². The fourth-order valence-electron chi connectivity index (χ4n) is 2.32. The molecule has 0 saturated heterocycles. The van der Waals surface area contributed by atoms with E-state index in [-0.39, 0.29) is 17.8 Å². The van der Waals surface area contributed by atoms with Crippen LogP contribution in [-0.2, 0) is 6.54 Å². The van der Waals surface area contributed by atoms with Gasteiger partial charge in [-0.1, -0.05) is 6.07 Å². The maximum absolute atomic E-state index is 13.6. The van der Waals surface area contributed by atoms with Gasteiger partial charge in [-0.2, -0.15) is 0 Å². The van der Waals surface area contributed by atoms with Crippen molar-refractivity contribution in [2.24, 2.45) is 0 Å². The average molecular weight is 389 g/mol. The topological polar surface area (TPSA) is 63.2 Å². The summed E-state index contributed by atoms with van der Waals surface area (Å²) in [6.07, 6.45) is 0. The van der Waals surface area contributed by atoms with Crippen LogP contribution in [-0.4, -0.2) is 17.5 Å². The van der Waals surface area contributed by atoms with E-state index >= 15 is 0 Å². The predicted octanol–water partition coefficient (Wildman–Crippen LogP) is 4.49. The molecule has 0 aliphatic rings. The van der Waals surface area contributed by atoms with Gasteiger partial charge in [0, 0.05) is 23.2 Å². The molecule has 0 fully saturated rings. The van der Waals surface area contributed by atoms with Crippen LogP contribution in [0.4, 0.5) is 19.6 Å². The monoisotopic (exact) mass is 389 g/mol. The highest BCUT2D eigenvalue weighted by Crippen LogP contribution is 2.23. The molecule has 0 spiro atoms. The summed E-state index contributed by atoms with van der Waals surface area (Å²) in [4.78, 5) is 16.4. The van der Waals surface area contributed by atoms with Crippen molar-refractivity contribution in [1.29, 1.82) is 0 Å². The fourth-order valence-corrected chi connectivity index (χ4v) is 3.03. The molecular formula is C19H17F2N3O2S. The second-order valence-corrected chi connectivity index (χ2v) is 6.36. The number of hydrogen-bond donors (Lipinski definition) is 2. The Kier molecular flexibility index (Phi) is 5.97. The molecule has 1 amide bonds. The van der Waals surface area contributed by atoms with Crippen LogP contribution in [0.3, 0.4) is 0 Å². The third-order valence-electron chi connectivity index (χ3n) is 3.64. The Morgan fingerprint density at radius 2 is 1.85 bits per heavy atom. The summed E-state index contributed by atoms with van der Waals surface area (Å²) in [7, 11) is 0. The Morgan fingerprint density at radius 1 is 1.15 bits per heavy atom. The van der Waals surface area contributed by atoms with Crippen molar-refractivity contribution in [3.8, 4) is 5.75 Å². The number of thiazole rings is 1. The Morgan fingerprint density at radius 3 is 2.52 bits per heavy atom. The largest absolute Gasteiger partial charge is 0.494 e. The summed E-state index contributed by atoms with van der Waals surface area (Å²) in [6, 6.07) is 10.9. The highest BCUT2D eigenvalue weighted by atomic mass is 32.1. The molecule has 1 heterocycles. The van der Waals surface area contributed by atoms with Gasteiger partial charge in [0.15, 0.2) is 5.13 Å². The van der Waals surface area contributed by atoms with E-state index in [1.807, 2.05) is 31.2 Å². The molecule has 0 unspecified atom stereocenters. The third-order valence-corrected chi connectivity index (χ3v) is 4.40. The van der Waals surface area contributed by atoms with Crippen molar-refractivity contribution in [2.45, 2.75) is 13.5 Å². The number of benzene rings is 2. The lowest BCUT2D eigenvalue weighted by Crippen LogP contribution is -2.24. The molecule has 0 atom stereocenters. The van der Waals surface area contributed by atoms with Crippen LogP contribution in [0.5, 0.6) is 5.75 Å². The molecule has 0 aliphatic heterocycles. The number of amides is 1. The van der Waals surface area contributed by atoms with E-state index in [9.17, 15) is 13.6 Å². The Bertz CT molecular complexity index is 909. The van der Waals surface area contributed by atoms with Crippen molar-refractivity contribution < 1.29 is 18.3 Å². The van der Waals surface area contributed by atoms with Gasteiger partial charge in [-0.25, -0.2) is 13.8 Å². The summed E-state index contributed by atoms with van der Waals surface area (Å²) >= 11 is 1.25. The number of rotatable bonds is 7. The first-order chi connectivity index (χ1) is 13.1. The highest BCUT2D eigenvalue weighted by Gasteiger charge is 2.14. The molecule has 2 N–H and O–H groups in total. The quantitative estimate of drug-likeness (QED) is 0.625. The van der Waals surface area contributed by atoms with Crippen LogP contribution in [0.15, 0.2) is 47.8 Å². The van der Waals surface area contributed by atoms with E-state index in [0.717, 1.165) is 23.6 Å². The van der Waals surface area contributed by atoms with Gasteiger partial charge in [-0.05, 0) is 43.3 Å². The number of anilines is 2. The molecule has 3 rings (SSSR count). The third kappa shape index (κ3) is 4.79. The molecule has 140 valence electrons. The number of nitrogens with one attached hydrogen (secondary N) is 2. The van der Waals surface area contributed by atoms with Gasteiger partial charge in [-0.15, -0.1) is 11.3 Å². The van der Waals surface area contributed by atoms with E-state index in [1.165, 1.54) is 17.4 Å². The Labute approximate surface area is 159 Å². The van der Waals surface area contributed by atoms with Gasteiger partial charge >= 0.3 is 0 Å². The predicted molar refractivity (Wildman–Crippen MR) is 101 cm³/mol. The van der Waals surface area contributed by atoms with Crippen molar-refractivity contribution in [3.63, 3.8) is 0 Å². The molecule has 0 aliphatic carbocycles. The van der Waals surface area contributed by atoms with E-state index in [2.05, 4.69) is 15.6 Å². The van der Waals surface area contributed by atoms with Gasteiger partial charge in [0.1, 0.15) is 23.1 Å². The van der Waals surface area contributed by atoms with Crippen molar-refractivity contribution >= 4 is 28.1 Å². The molecule has 0 radical (unpaired) electrons. The summed E-state index contributed by atoms with van der Waals surface area (Å²) in [6.45, 7) is 2.25. The Balaban J connectivity index is 1.60. The van der Waals surface area contributed by atoms with Crippen molar-refractivity contribution in [2.75, 3.05) is 11.9 Å². The molecule has 3 aromatic rings. The van der Waals surface area contributed by atoms with Crippen LogP contribution in [0.1, 0.15) is 23.0 Å². The molecule has 27 heavy (non-hydrogen) atoms. The van der Waals surface area contributed by atoms with Crippen molar-refractivity contribution in [3.05, 3.63) is 70.7 Å². The first kappa shape index (κ1) is 18.8. The number of nitrogens with zero attached hydrogens (tertiary/aromatic N) is 1. The lowest BCUT2D eigenvalue weighted by molar-refractivity contribution is 0.0946. The molecule has 2 aromatic carbocycles. The summed E-state index contributed by atoms with van der Waals surface area (Å²) < 4.78 is 32.6. The maximum atomic E-state index is 13.6. The first-order valence-electron chi connectivity index (χ1n) is 8.23. The Hall–Kier alpha value is -3.00. The zero-order valence-electron chi connectivity index (χ0n) is 14.5. The average Bonchev–Trinajstić information content (AvgIpc) is 3.12. The smallest absolute Gasteiger partial charge is 0.271 e. The lowest BCUT2D eigenvalue weighted by Gasteiger charge is -2.06. The number of halogens is 2. The van der Waals surface area contributed by atoms with Crippen LogP contribution in [0, 0.1) is 11.6 Å². The number of ether oxygens (including phenoxy) is 1. The van der Waals surface area contributed by atoms with Crippen LogP contribution in [0.25, 0.3) is 0 Å². The maximum Gasteiger partial charge on any atom is 0.271 e. The van der Waals surface area contributed by atoms with E-state index in [1.54, 1.807) is 5.38 Å². The van der Waals surface area contributed by atoms with Gasteiger partial charge in [0.2, 0.25) is 0 Å². The summed E-state index contributed by atoms with van der Waals surface area (Å²) in [5.74, 6) is -1.14. The molecular weight excluding hydrogens is 372 g/mol. The lowest BCUT2D eigenvalue weighted by atomic mass is 10.2. The van der Waals surface area contributed by atoms with Crippen LogP contribution >= 0.6 is 11.3 Å². The molecule has 8 heteroatoms. The summed E-state index contributed by atoms with van der Waals surface area (Å²) in [5.41, 5.74) is 0.784. The van der Waals surface area contributed by atoms with Gasteiger partial charge < -0.3 is 15.4 Å². The number of hydrogen-bond acceptors (Lipinski definition) is 5.